The van der Waals surface area contributed by atoms with Crippen LogP contribution in [0, 0.1) is 0 Å². The van der Waals surface area contributed by atoms with Gasteiger partial charge in [-0.1, -0.05) is 56.0 Å². The SMILES string of the molecule is CC(C)(C(=NC1CCCCCC1)NN)c1ccccc1. The largest absolute Gasteiger partial charge is 0.312 e. The highest BCUT2D eigenvalue weighted by Crippen LogP contribution is 2.26. The third-order valence-corrected chi connectivity index (χ3v) is 4.36. The summed E-state index contributed by atoms with van der Waals surface area (Å²) in [6.45, 7) is 4.36. The molecule has 110 valence electrons. The molecule has 1 aliphatic rings. The normalized spacial score (nSPS) is 18.6. The molecule has 20 heavy (non-hydrogen) atoms. The summed E-state index contributed by atoms with van der Waals surface area (Å²) in [7, 11) is 0. The van der Waals surface area contributed by atoms with Crippen molar-refractivity contribution in [1.82, 2.24) is 5.43 Å². The van der Waals surface area contributed by atoms with Crippen LogP contribution in [0.25, 0.3) is 0 Å². The summed E-state index contributed by atoms with van der Waals surface area (Å²) in [6, 6.07) is 10.9. The fourth-order valence-corrected chi connectivity index (χ4v) is 2.94. The van der Waals surface area contributed by atoms with Gasteiger partial charge in [0.25, 0.3) is 0 Å². The van der Waals surface area contributed by atoms with Gasteiger partial charge in [0.15, 0.2) is 0 Å². The molecule has 0 unspecified atom stereocenters. The molecule has 0 bridgehead atoms. The molecule has 1 aromatic rings. The fraction of sp³-hybridized carbons (Fsp3) is 0.588. The highest BCUT2D eigenvalue weighted by Gasteiger charge is 2.28. The molecular weight excluding hydrogens is 246 g/mol. The Labute approximate surface area is 122 Å². The Morgan fingerprint density at radius 1 is 1.10 bits per heavy atom. The number of benzene rings is 1. The molecule has 1 aliphatic carbocycles. The lowest BCUT2D eigenvalue weighted by molar-refractivity contribution is 0.567. The average Bonchev–Trinajstić information content (AvgIpc) is 2.74. The molecule has 2 rings (SSSR count). The maximum Gasteiger partial charge on any atom is 0.121 e. The van der Waals surface area contributed by atoms with Crippen LogP contribution >= 0.6 is 0 Å². The Balaban J connectivity index is 2.21. The van der Waals surface area contributed by atoms with Gasteiger partial charge in [-0.15, -0.1) is 0 Å². The minimum absolute atomic E-state index is 0.178. The molecule has 0 heterocycles. The number of nitrogens with two attached hydrogens (primary N) is 1. The third-order valence-electron chi connectivity index (χ3n) is 4.36. The topological polar surface area (TPSA) is 50.4 Å². The van der Waals surface area contributed by atoms with Gasteiger partial charge < -0.3 is 5.43 Å². The first-order valence-electron chi connectivity index (χ1n) is 7.75. The molecule has 3 N–H and O–H groups in total. The summed E-state index contributed by atoms with van der Waals surface area (Å²) in [4.78, 5) is 4.94. The smallest absolute Gasteiger partial charge is 0.121 e. The fourth-order valence-electron chi connectivity index (χ4n) is 2.94. The molecule has 0 aromatic heterocycles. The van der Waals surface area contributed by atoms with Crippen molar-refractivity contribution >= 4 is 5.84 Å². The highest BCUT2D eigenvalue weighted by molar-refractivity contribution is 5.92. The van der Waals surface area contributed by atoms with Crippen molar-refractivity contribution in [2.24, 2.45) is 10.8 Å². The maximum atomic E-state index is 5.77. The van der Waals surface area contributed by atoms with Gasteiger partial charge in [0.1, 0.15) is 5.84 Å². The van der Waals surface area contributed by atoms with Gasteiger partial charge >= 0.3 is 0 Å². The molecule has 0 spiro atoms. The second kappa shape index (κ2) is 6.89. The zero-order valence-corrected chi connectivity index (χ0v) is 12.7. The number of amidine groups is 1. The number of aliphatic imine (C=N–C) groups is 1. The van der Waals surface area contributed by atoms with Crippen molar-refractivity contribution in [3.05, 3.63) is 35.9 Å². The van der Waals surface area contributed by atoms with Gasteiger partial charge in [-0.05, 0) is 32.3 Å². The van der Waals surface area contributed by atoms with Crippen LogP contribution in [-0.4, -0.2) is 11.9 Å². The highest BCUT2D eigenvalue weighted by atomic mass is 15.3. The van der Waals surface area contributed by atoms with Crippen LogP contribution < -0.4 is 11.3 Å². The summed E-state index contributed by atoms with van der Waals surface area (Å²) in [5.74, 6) is 6.67. The predicted molar refractivity (Wildman–Crippen MR) is 85.7 cm³/mol. The minimum atomic E-state index is -0.178. The first-order valence-corrected chi connectivity index (χ1v) is 7.75. The van der Waals surface area contributed by atoms with Crippen molar-refractivity contribution in [3.8, 4) is 0 Å². The van der Waals surface area contributed by atoms with Crippen LogP contribution in [0.3, 0.4) is 0 Å². The summed E-state index contributed by atoms with van der Waals surface area (Å²) in [5.41, 5.74) is 3.92. The summed E-state index contributed by atoms with van der Waals surface area (Å²) < 4.78 is 0. The first kappa shape index (κ1) is 15.0. The van der Waals surface area contributed by atoms with E-state index in [4.69, 9.17) is 10.8 Å². The standard InChI is InChI=1S/C17H27N3/c1-17(2,14-10-6-5-7-11-14)16(20-18)19-15-12-8-3-4-9-13-15/h5-7,10-11,15H,3-4,8-9,12-13,18H2,1-2H3,(H,19,20). The van der Waals surface area contributed by atoms with E-state index in [1.54, 1.807) is 0 Å². The lowest BCUT2D eigenvalue weighted by atomic mass is 9.83. The van der Waals surface area contributed by atoms with Gasteiger partial charge in [0.05, 0.1) is 6.04 Å². The lowest BCUT2D eigenvalue weighted by Crippen LogP contribution is -2.44. The van der Waals surface area contributed by atoms with E-state index < -0.39 is 0 Å². The van der Waals surface area contributed by atoms with E-state index >= 15 is 0 Å². The van der Waals surface area contributed by atoms with Crippen molar-refractivity contribution in [2.45, 2.75) is 63.8 Å². The number of rotatable bonds is 3. The summed E-state index contributed by atoms with van der Waals surface area (Å²) in [5, 5.41) is 0. The van der Waals surface area contributed by atoms with Gasteiger partial charge in [-0.25, -0.2) is 5.84 Å². The summed E-state index contributed by atoms with van der Waals surface area (Å²) in [6.07, 6.45) is 7.65. The number of hydrazine groups is 1. The average molecular weight is 273 g/mol. The van der Waals surface area contributed by atoms with Crippen LogP contribution in [0.2, 0.25) is 0 Å². The Hall–Kier alpha value is -1.35. The van der Waals surface area contributed by atoms with Crippen LogP contribution in [0.1, 0.15) is 57.9 Å². The molecule has 1 fully saturated rings. The molecule has 3 nitrogen and oxygen atoms in total. The van der Waals surface area contributed by atoms with Crippen molar-refractivity contribution < 1.29 is 0 Å². The second-order valence-corrected chi connectivity index (χ2v) is 6.26. The van der Waals surface area contributed by atoms with Crippen LogP contribution in [0.4, 0.5) is 0 Å². The van der Waals surface area contributed by atoms with E-state index in [1.807, 2.05) is 6.07 Å². The van der Waals surface area contributed by atoms with Crippen LogP contribution in [0.5, 0.6) is 0 Å². The van der Waals surface area contributed by atoms with E-state index in [2.05, 4.69) is 43.5 Å². The Kier molecular flexibility index (Phi) is 5.18. The molecule has 0 radical (unpaired) electrons. The molecular formula is C17H27N3. The van der Waals surface area contributed by atoms with E-state index in [0.29, 0.717) is 6.04 Å². The third kappa shape index (κ3) is 3.60. The number of hydrogen-bond donors (Lipinski definition) is 2. The van der Waals surface area contributed by atoms with Gasteiger partial charge in [0, 0.05) is 5.41 Å². The van der Waals surface area contributed by atoms with Crippen molar-refractivity contribution in [3.63, 3.8) is 0 Å². The van der Waals surface area contributed by atoms with Crippen LogP contribution in [-0.2, 0) is 5.41 Å². The Morgan fingerprint density at radius 2 is 1.70 bits per heavy atom. The molecule has 0 saturated heterocycles. The minimum Gasteiger partial charge on any atom is -0.312 e. The van der Waals surface area contributed by atoms with E-state index in [0.717, 1.165) is 5.84 Å². The predicted octanol–water partition coefficient (Wildman–Crippen LogP) is 3.55. The summed E-state index contributed by atoms with van der Waals surface area (Å²) >= 11 is 0. The monoisotopic (exact) mass is 273 g/mol. The molecule has 3 heteroatoms. The molecule has 0 atom stereocenters. The second-order valence-electron chi connectivity index (χ2n) is 6.26. The molecule has 0 aliphatic heterocycles. The van der Waals surface area contributed by atoms with E-state index in [9.17, 15) is 0 Å². The van der Waals surface area contributed by atoms with Gasteiger partial charge in [0.2, 0.25) is 0 Å². The maximum absolute atomic E-state index is 5.77. The quantitative estimate of drug-likeness (QED) is 0.291. The van der Waals surface area contributed by atoms with E-state index in [-0.39, 0.29) is 5.41 Å². The Morgan fingerprint density at radius 3 is 2.25 bits per heavy atom. The first-order chi connectivity index (χ1) is 9.64. The lowest BCUT2D eigenvalue weighted by Gasteiger charge is -2.28. The molecule has 0 amide bonds. The van der Waals surface area contributed by atoms with Crippen molar-refractivity contribution in [2.75, 3.05) is 0 Å². The van der Waals surface area contributed by atoms with Crippen LogP contribution in [0.15, 0.2) is 35.3 Å². The number of nitrogens with one attached hydrogen (secondary N) is 1. The zero-order valence-electron chi connectivity index (χ0n) is 12.7. The van der Waals surface area contributed by atoms with Crippen molar-refractivity contribution in [1.29, 1.82) is 0 Å². The number of hydrogen-bond acceptors (Lipinski definition) is 2. The van der Waals surface area contributed by atoms with Gasteiger partial charge in [-0.2, -0.15) is 0 Å². The zero-order chi connectivity index (χ0) is 14.4. The molecule has 1 aromatic carbocycles. The van der Waals surface area contributed by atoms with Gasteiger partial charge in [-0.3, -0.25) is 4.99 Å². The molecule has 1 saturated carbocycles. The number of nitrogens with zero attached hydrogens (tertiary/aromatic N) is 1. The Bertz CT molecular complexity index is 429. The van der Waals surface area contributed by atoms with E-state index in [1.165, 1.54) is 44.1 Å².